The Kier molecular flexibility index (Phi) is 8.46. The summed E-state index contributed by atoms with van der Waals surface area (Å²) in [6.45, 7) is 7.31. The van der Waals surface area contributed by atoms with Crippen LogP contribution in [0.4, 0.5) is 5.69 Å². The summed E-state index contributed by atoms with van der Waals surface area (Å²) in [7, 11) is -3.53. The maximum absolute atomic E-state index is 12.5. The van der Waals surface area contributed by atoms with E-state index in [0.29, 0.717) is 29.4 Å². The average molecular weight is 515 g/mol. The van der Waals surface area contributed by atoms with Crippen molar-refractivity contribution < 1.29 is 17.9 Å². The Morgan fingerprint density at radius 3 is 2.23 bits per heavy atom. The lowest BCUT2D eigenvalue weighted by atomic mass is 9.87. The fraction of sp³-hybridized carbons (Fsp3) is 0.296. The number of carbonyl (C=O) groups is 1. The summed E-state index contributed by atoms with van der Waals surface area (Å²) in [5.74, 6) is 0.532. The summed E-state index contributed by atoms with van der Waals surface area (Å²) in [5.41, 5.74) is 3.02. The number of carbonyl (C=O) groups excluding carboxylic acids is 1. The van der Waals surface area contributed by atoms with Gasteiger partial charge in [0.25, 0.3) is 5.91 Å². The number of ether oxygens (including phenoxy) is 1. The molecule has 0 radical (unpaired) electrons. The minimum absolute atomic E-state index is 0.0837. The second-order valence-corrected chi connectivity index (χ2v) is 11.7. The zero-order valence-electron chi connectivity index (χ0n) is 20.4. The molecule has 0 saturated heterocycles. The monoisotopic (exact) mass is 514 g/mol. The molecule has 0 fully saturated rings. The number of sulfonamides is 1. The molecule has 0 bridgehead atoms. The van der Waals surface area contributed by atoms with Crippen LogP contribution in [0.1, 0.15) is 42.3 Å². The molecule has 0 unspecified atom stereocenters. The van der Waals surface area contributed by atoms with Gasteiger partial charge in [0, 0.05) is 10.6 Å². The Morgan fingerprint density at radius 2 is 1.66 bits per heavy atom. The maximum atomic E-state index is 12.5. The van der Waals surface area contributed by atoms with Crippen molar-refractivity contribution in [2.75, 3.05) is 23.7 Å². The van der Waals surface area contributed by atoms with Crippen LogP contribution in [-0.2, 0) is 22.0 Å². The van der Waals surface area contributed by atoms with E-state index in [2.05, 4.69) is 26.1 Å². The van der Waals surface area contributed by atoms with Gasteiger partial charge in [-0.1, -0.05) is 62.7 Å². The van der Waals surface area contributed by atoms with E-state index in [-0.39, 0.29) is 17.9 Å². The van der Waals surface area contributed by atoms with Crippen LogP contribution < -0.4 is 14.4 Å². The normalized spacial score (nSPS) is 11.7. The molecule has 1 amide bonds. The van der Waals surface area contributed by atoms with Gasteiger partial charge in [-0.2, -0.15) is 0 Å². The van der Waals surface area contributed by atoms with Crippen LogP contribution in [0.15, 0.2) is 72.8 Å². The van der Waals surface area contributed by atoms with Crippen LogP contribution in [0.3, 0.4) is 0 Å². The van der Waals surface area contributed by atoms with E-state index >= 15 is 0 Å². The van der Waals surface area contributed by atoms with Crippen molar-refractivity contribution in [1.82, 2.24) is 5.32 Å². The van der Waals surface area contributed by atoms with Gasteiger partial charge in [-0.25, -0.2) is 8.42 Å². The third-order valence-corrected chi connectivity index (χ3v) is 6.79. The Balaban J connectivity index is 1.53. The summed E-state index contributed by atoms with van der Waals surface area (Å²) < 4.78 is 31.7. The number of nitrogens with one attached hydrogen (secondary N) is 1. The number of anilines is 1. The van der Waals surface area contributed by atoms with Crippen LogP contribution in [0.25, 0.3) is 0 Å². The van der Waals surface area contributed by atoms with Crippen LogP contribution in [0.2, 0.25) is 5.02 Å². The molecule has 0 heterocycles. The Bertz CT molecular complexity index is 1250. The molecular formula is C27H31ClN2O4S. The molecule has 8 heteroatoms. The largest absolute Gasteiger partial charge is 0.492 e. The van der Waals surface area contributed by atoms with E-state index in [1.54, 1.807) is 48.5 Å². The molecule has 6 nitrogen and oxygen atoms in total. The van der Waals surface area contributed by atoms with Gasteiger partial charge in [0.2, 0.25) is 10.0 Å². The summed E-state index contributed by atoms with van der Waals surface area (Å²) >= 11 is 6.03. The summed E-state index contributed by atoms with van der Waals surface area (Å²) in [5, 5.41) is 3.29. The summed E-state index contributed by atoms with van der Waals surface area (Å²) in [4.78, 5) is 12.5. The highest BCUT2D eigenvalue weighted by Gasteiger charge is 2.18. The minimum atomic E-state index is -3.53. The van der Waals surface area contributed by atoms with Crippen LogP contribution >= 0.6 is 11.6 Å². The predicted molar refractivity (Wildman–Crippen MR) is 142 cm³/mol. The lowest BCUT2D eigenvalue weighted by Gasteiger charge is -2.22. The van der Waals surface area contributed by atoms with Crippen molar-refractivity contribution in [3.63, 3.8) is 0 Å². The predicted octanol–water partition coefficient (Wildman–Crippen LogP) is 5.41. The number of benzene rings is 3. The number of rotatable bonds is 9. The molecule has 35 heavy (non-hydrogen) atoms. The molecule has 0 aromatic heterocycles. The fourth-order valence-corrected chi connectivity index (χ4v) is 4.51. The van der Waals surface area contributed by atoms with Crippen molar-refractivity contribution in [2.24, 2.45) is 0 Å². The molecule has 0 atom stereocenters. The standard InChI is InChI=1S/C27H31ClN2O4S/c1-27(2,3)22-12-14-25(15-13-22)34-17-16-29-26(31)21-10-8-20(9-11-21)19-30(35(4,32)33)24-7-5-6-23(28)18-24/h5-15,18H,16-17,19H2,1-4H3,(H,29,31). The second kappa shape index (κ2) is 11.1. The second-order valence-electron chi connectivity index (χ2n) is 9.33. The first-order valence-corrected chi connectivity index (χ1v) is 13.5. The first-order chi connectivity index (χ1) is 16.4. The van der Waals surface area contributed by atoms with Crippen LogP contribution in [0.5, 0.6) is 5.75 Å². The number of hydrogen-bond acceptors (Lipinski definition) is 4. The highest BCUT2D eigenvalue weighted by atomic mass is 35.5. The van der Waals surface area contributed by atoms with Crippen molar-refractivity contribution in [2.45, 2.75) is 32.7 Å². The molecule has 3 rings (SSSR count). The fourth-order valence-electron chi connectivity index (χ4n) is 3.45. The van der Waals surface area contributed by atoms with Gasteiger partial charge in [-0.15, -0.1) is 0 Å². The highest BCUT2D eigenvalue weighted by molar-refractivity contribution is 7.92. The van der Waals surface area contributed by atoms with Crippen molar-refractivity contribution in [1.29, 1.82) is 0 Å². The first-order valence-electron chi connectivity index (χ1n) is 11.3. The molecule has 186 valence electrons. The van der Waals surface area contributed by atoms with Gasteiger partial charge in [0.05, 0.1) is 25.0 Å². The highest BCUT2D eigenvalue weighted by Crippen LogP contribution is 2.25. The quantitative estimate of drug-likeness (QED) is 0.387. The maximum Gasteiger partial charge on any atom is 0.251 e. The summed E-state index contributed by atoms with van der Waals surface area (Å²) in [6, 6.07) is 21.5. The molecule has 0 aliphatic rings. The van der Waals surface area contributed by atoms with Gasteiger partial charge in [0.1, 0.15) is 12.4 Å². The molecule has 0 aliphatic carbocycles. The third-order valence-electron chi connectivity index (χ3n) is 5.42. The van der Waals surface area contributed by atoms with E-state index in [1.807, 2.05) is 24.3 Å². The Hall–Kier alpha value is -3.03. The van der Waals surface area contributed by atoms with Gasteiger partial charge < -0.3 is 10.1 Å². The number of hydrogen-bond donors (Lipinski definition) is 1. The van der Waals surface area contributed by atoms with Crippen LogP contribution in [0, 0.1) is 0 Å². The van der Waals surface area contributed by atoms with Crippen molar-refractivity contribution >= 4 is 33.2 Å². The molecule has 3 aromatic carbocycles. The lowest BCUT2D eigenvalue weighted by Crippen LogP contribution is -2.29. The van der Waals surface area contributed by atoms with E-state index < -0.39 is 10.0 Å². The van der Waals surface area contributed by atoms with E-state index in [1.165, 1.54) is 9.87 Å². The summed E-state index contributed by atoms with van der Waals surface area (Å²) in [6.07, 6.45) is 1.15. The number of nitrogens with zero attached hydrogens (tertiary/aromatic N) is 1. The molecule has 0 saturated carbocycles. The number of halogens is 1. The lowest BCUT2D eigenvalue weighted by molar-refractivity contribution is 0.0947. The smallest absolute Gasteiger partial charge is 0.251 e. The first kappa shape index (κ1) is 26.6. The Morgan fingerprint density at radius 1 is 1.00 bits per heavy atom. The molecule has 0 aliphatic heterocycles. The Labute approximate surface area is 212 Å². The average Bonchev–Trinajstić information content (AvgIpc) is 2.79. The van der Waals surface area contributed by atoms with Gasteiger partial charge in [-0.3, -0.25) is 9.10 Å². The number of amides is 1. The zero-order chi connectivity index (χ0) is 25.6. The molecule has 3 aromatic rings. The van der Waals surface area contributed by atoms with Gasteiger partial charge in [-0.05, 0) is 59.0 Å². The van der Waals surface area contributed by atoms with Gasteiger partial charge in [0.15, 0.2) is 0 Å². The van der Waals surface area contributed by atoms with Crippen LogP contribution in [-0.4, -0.2) is 33.7 Å². The van der Waals surface area contributed by atoms with E-state index in [9.17, 15) is 13.2 Å². The topological polar surface area (TPSA) is 75.7 Å². The van der Waals surface area contributed by atoms with E-state index in [0.717, 1.165) is 17.6 Å². The minimum Gasteiger partial charge on any atom is -0.492 e. The molecule has 1 N–H and O–H groups in total. The third kappa shape index (κ3) is 7.73. The SMILES string of the molecule is CC(C)(C)c1ccc(OCCNC(=O)c2ccc(CN(c3cccc(Cl)c3)S(C)(=O)=O)cc2)cc1. The molecule has 0 spiro atoms. The zero-order valence-corrected chi connectivity index (χ0v) is 22.0. The molecular weight excluding hydrogens is 484 g/mol. The van der Waals surface area contributed by atoms with Crippen molar-refractivity contribution in [3.05, 3.63) is 94.5 Å². The van der Waals surface area contributed by atoms with Gasteiger partial charge >= 0.3 is 0 Å². The van der Waals surface area contributed by atoms with E-state index in [4.69, 9.17) is 16.3 Å². The van der Waals surface area contributed by atoms with Crippen molar-refractivity contribution in [3.8, 4) is 5.75 Å².